The monoisotopic (exact) mass is 363 g/mol. The van der Waals surface area contributed by atoms with Gasteiger partial charge in [-0.2, -0.15) is 0 Å². The molecule has 0 N–H and O–H groups in total. The summed E-state index contributed by atoms with van der Waals surface area (Å²) in [4.78, 5) is 14.3. The third-order valence-corrected chi connectivity index (χ3v) is 4.77. The maximum absolute atomic E-state index is 12.5. The largest absolute Gasteiger partial charge is 0.444 e. The number of fused-ring (bicyclic) bond motifs is 1. The molecule has 2 aromatic carbocycles. The number of ether oxygens (including phenoxy) is 1. The summed E-state index contributed by atoms with van der Waals surface area (Å²) in [7, 11) is 0. The Morgan fingerprint density at radius 3 is 2.48 bits per heavy atom. The minimum absolute atomic E-state index is 0.216. The SMILES string of the molecule is CC1CN(C(=O)OC(C)(C)C)CCc2ccc(C=Cc3ccccc3)cc21. The predicted octanol–water partition coefficient (Wildman–Crippen LogP) is 5.75. The molecule has 1 aliphatic rings. The summed E-state index contributed by atoms with van der Waals surface area (Å²) < 4.78 is 5.57. The molecular formula is C24H29NO2. The van der Waals surface area contributed by atoms with E-state index in [4.69, 9.17) is 4.74 Å². The number of nitrogens with zero attached hydrogens (tertiary/aromatic N) is 1. The van der Waals surface area contributed by atoms with Gasteiger partial charge >= 0.3 is 6.09 Å². The van der Waals surface area contributed by atoms with Crippen molar-refractivity contribution in [1.82, 2.24) is 4.90 Å². The summed E-state index contributed by atoms with van der Waals surface area (Å²) in [6.07, 6.45) is 4.93. The van der Waals surface area contributed by atoms with Gasteiger partial charge in [-0.3, -0.25) is 0 Å². The number of carbonyl (C=O) groups excluding carboxylic acids is 1. The van der Waals surface area contributed by atoms with Crippen LogP contribution in [-0.2, 0) is 11.2 Å². The molecule has 3 nitrogen and oxygen atoms in total. The van der Waals surface area contributed by atoms with Crippen LogP contribution in [0.4, 0.5) is 4.79 Å². The smallest absolute Gasteiger partial charge is 0.410 e. The molecule has 0 radical (unpaired) electrons. The summed E-state index contributed by atoms with van der Waals surface area (Å²) in [5.41, 5.74) is 4.57. The van der Waals surface area contributed by atoms with Crippen LogP contribution in [0.5, 0.6) is 0 Å². The van der Waals surface area contributed by atoms with Crippen molar-refractivity contribution in [3.63, 3.8) is 0 Å². The number of rotatable bonds is 2. The second kappa shape index (κ2) is 7.99. The number of hydrogen-bond acceptors (Lipinski definition) is 2. The van der Waals surface area contributed by atoms with E-state index in [9.17, 15) is 4.79 Å². The van der Waals surface area contributed by atoms with Crippen molar-refractivity contribution in [3.8, 4) is 0 Å². The minimum atomic E-state index is -0.463. The molecule has 0 saturated carbocycles. The van der Waals surface area contributed by atoms with Crippen LogP contribution in [0.1, 0.15) is 55.9 Å². The first kappa shape index (κ1) is 19.2. The fourth-order valence-corrected chi connectivity index (χ4v) is 3.43. The third kappa shape index (κ3) is 5.22. The maximum atomic E-state index is 12.5. The number of benzene rings is 2. The molecule has 0 spiro atoms. The molecule has 2 aromatic rings. The van der Waals surface area contributed by atoms with E-state index in [0.29, 0.717) is 13.1 Å². The average Bonchev–Trinajstić information content (AvgIpc) is 2.79. The first-order valence-corrected chi connectivity index (χ1v) is 9.66. The van der Waals surface area contributed by atoms with Crippen LogP contribution >= 0.6 is 0 Å². The molecule has 1 atom stereocenters. The predicted molar refractivity (Wildman–Crippen MR) is 112 cm³/mol. The quantitative estimate of drug-likeness (QED) is 0.636. The van der Waals surface area contributed by atoms with E-state index >= 15 is 0 Å². The van der Waals surface area contributed by atoms with Gasteiger partial charge in [-0.15, -0.1) is 0 Å². The van der Waals surface area contributed by atoms with Crippen LogP contribution in [0.25, 0.3) is 12.2 Å². The molecule has 1 aliphatic heterocycles. The standard InChI is InChI=1S/C24H29NO2/c1-18-17-25(23(26)27-24(2,3)4)15-14-21-13-12-20(16-22(18)21)11-10-19-8-6-5-7-9-19/h5-13,16,18H,14-15,17H2,1-4H3. The molecule has 1 heterocycles. The van der Waals surface area contributed by atoms with Crippen molar-refractivity contribution in [3.05, 3.63) is 70.8 Å². The Kier molecular flexibility index (Phi) is 5.69. The molecule has 1 unspecified atom stereocenters. The first-order valence-electron chi connectivity index (χ1n) is 9.66. The van der Waals surface area contributed by atoms with Crippen molar-refractivity contribution in [1.29, 1.82) is 0 Å². The highest BCUT2D eigenvalue weighted by atomic mass is 16.6. The van der Waals surface area contributed by atoms with E-state index in [-0.39, 0.29) is 12.0 Å². The Labute approximate surface area is 162 Å². The van der Waals surface area contributed by atoms with E-state index < -0.39 is 5.60 Å². The Morgan fingerprint density at radius 1 is 1.07 bits per heavy atom. The lowest BCUT2D eigenvalue weighted by Crippen LogP contribution is -2.38. The van der Waals surface area contributed by atoms with Crippen molar-refractivity contribution in [2.45, 2.75) is 45.6 Å². The van der Waals surface area contributed by atoms with Crippen LogP contribution in [0.2, 0.25) is 0 Å². The van der Waals surface area contributed by atoms with Crippen LogP contribution in [0.15, 0.2) is 48.5 Å². The third-order valence-electron chi connectivity index (χ3n) is 4.77. The van der Waals surface area contributed by atoms with Gasteiger partial charge < -0.3 is 9.64 Å². The number of amides is 1. The van der Waals surface area contributed by atoms with E-state index in [1.807, 2.05) is 43.9 Å². The molecule has 0 fully saturated rings. The van der Waals surface area contributed by atoms with Gasteiger partial charge in [-0.05, 0) is 55.4 Å². The molecule has 3 rings (SSSR count). The highest BCUT2D eigenvalue weighted by Gasteiger charge is 2.27. The first-order chi connectivity index (χ1) is 12.8. The maximum Gasteiger partial charge on any atom is 0.410 e. The molecule has 142 valence electrons. The zero-order valence-corrected chi connectivity index (χ0v) is 16.7. The molecule has 0 saturated heterocycles. The summed E-state index contributed by atoms with van der Waals surface area (Å²) >= 11 is 0. The Hall–Kier alpha value is -2.55. The van der Waals surface area contributed by atoms with Crippen molar-refractivity contribution in [2.24, 2.45) is 0 Å². The molecule has 3 heteroatoms. The van der Waals surface area contributed by atoms with E-state index in [2.05, 4.69) is 49.4 Å². The lowest BCUT2D eigenvalue weighted by Gasteiger charge is -2.27. The molecule has 1 amide bonds. The zero-order valence-electron chi connectivity index (χ0n) is 16.7. The van der Waals surface area contributed by atoms with Gasteiger partial charge in [0.25, 0.3) is 0 Å². The van der Waals surface area contributed by atoms with Gasteiger partial charge in [0, 0.05) is 13.1 Å². The Balaban J connectivity index is 1.76. The highest BCUT2D eigenvalue weighted by Crippen LogP contribution is 2.28. The van der Waals surface area contributed by atoms with Crippen LogP contribution in [0.3, 0.4) is 0 Å². The summed E-state index contributed by atoms with van der Waals surface area (Å²) in [5.74, 6) is 0.278. The zero-order chi connectivity index (χ0) is 19.4. The van der Waals surface area contributed by atoms with E-state index in [1.54, 1.807) is 0 Å². The fourth-order valence-electron chi connectivity index (χ4n) is 3.43. The van der Waals surface area contributed by atoms with Gasteiger partial charge in [0.15, 0.2) is 0 Å². The molecule has 0 aliphatic carbocycles. The molecule has 0 bridgehead atoms. The second-order valence-corrected chi connectivity index (χ2v) is 8.28. The van der Waals surface area contributed by atoms with Gasteiger partial charge in [-0.1, -0.05) is 67.6 Å². The van der Waals surface area contributed by atoms with E-state index in [1.165, 1.54) is 22.3 Å². The van der Waals surface area contributed by atoms with Gasteiger partial charge in [0.2, 0.25) is 0 Å². The van der Waals surface area contributed by atoms with Gasteiger partial charge in [0.1, 0.15) is 5.60 Å². The molecule has 0 aromatic heterocycles. The van der Waals surface area contributed by atoms with Crippen LogP contribution < -0.4 is 0 Å². The van der Waals surface area contributed by atoms with Crippen LogP contribution in [0, 0.1) is 0 Å². The average molecular weight is 364 g/mol. The minimum Gasteiger partial charge on any atom is -0.444 e. The second-order valence-electron chi connectivity index (χ2n) is 8.28. The number of carbonyl (C=O) groups is 1. The molecular weight excluding hydrogens is 334 g/mol. The van der Waals surface area contributed by atoms with Crippen molar-refractivity contribution >= 4 is 18.2 Å². The lowest BCUT2D eigenvalue weighted by molar-refractivity contribution is 0.0248. The highest BCUT2D eigenvalue weighted by molar-refractivity contribution is 5.71. The molecule has 27 heavy (non-hydrogen) atoms. The summed E-state index contributed by atoms with van der Waals surface area (Å²) in [5, 5.41) is 0. The topological polar surface area (TPSA) is 29.5 Å². The van der Waals surface area contributed by atoms with Crippen LogP contribution in [-0.4, -0.2) is 29.7 Å². The lowest BCUT2D eigenvalue weighted by atomic mass is 9.93. The Bertz CT molecular complexity index is 818. The van der Waals surface area contributed by atoms with E-state index in [0.717, 1.165) is 6.42 Å². The fraction of sp³-hybridized carbons (Fsp3) is 0.375. The van der Waals surface area contributed by atoms with Crippen molar-refractivity contribution in [2.75, 3.05) is 13.1 Å². The Morgan fingerprint density at radius 2 is 1.78 bits per heavy atom. The van der Waals surface area contributed by atoms with Crippen molar-refractivity contribution < 1.29 is 9.53 Å². The number of hydrogen-bond donors (Lipinski definition) is 0. The normalized spacial score (nSPS) is 17.5. The summed E-state index contributed by atoms with van der Waals surface area (Å²) in [6, 6.07) is 16.9. The summed E-state index contributed by atoms with van der Waals surface area (Å²) in [6.45, 7) is 9.30. The van der Waals surface area contributed by atoms with Gasteiger partial charge in [0.05, 0.1) is 0 Å². The van der Waals surface area contributed by atoms with Gasteiger partial charge in [-0.25, -0.2) is 4.79 Å².